The second kappa shape index (κ2) is 5.36. The van der Waals surface area contributed by atoms with Crippen molar-refractivity contribution in [1.29, 1.82) is 0 Å². The van der Waals surface area contributed by atoms with Crippen LogP contribution < -0.4 is 4.90 Å². The quantitative estimate of drug-likeness (QED) is 0.625. The van der Waals surface area contributed by atoms with E-state index in [1.807, 2.05) is 43.3 Å². The summed E-state index contributed by atoms with van der Waals surface area (Å²) in [5, 5.41) is 0. The van der Waals surface area contributed by atoms with Gasteiger partial charge < -0.3 is 4.90 Å². The summed E-state index contributed by atoms with van der Waals surface area (Å²) in [4.78, 5) is 28.6. The lowest BCUT2D eigenvalue weighted by Crippen LogP contribution is -2.31. The van der Waals surface area contributed by atoms with E-state index in [-0.39, 0.29) is 11.9 Å². The minimum atomic E-state index is -0.270. The van der Waals surface area contributed by atoms with Crippen LogP contribution in [0.4, 0.5) is 10.5 Å². The highest BCUT2D eigenvalue weighted by atomic mass is 16.2. The van der Waals surface area contributed by atoms with E-state index in [0.717, 1.165) is 11.3 Å². The molecule has 106 valence electrons. The van der Waals surface area contributed by atoms with Crippen molar-refractivity contribution in [2.45, 2.75) is 6.92 Å². The van der Waals surface area contributed by atoms with E-state index in [4.69, 9.17) is 0 Å². The van der Waals surface area contributed by atoms with E-state index in [0.29, 0.717) is 12.2 Å². The van der Waals surface area contributed by atoms with Gasteiger partial charge >= 0.3 is 6.03 Å². The van der Waals surface area contributed by atoms with Crippen molar-refractivity contribution in [2.24, 2.45) is 0 Å². The number of rotatable bonds is 3. The van der Waals surface area contributed by atoms with Crippen LogP contribution in [0.15, 0.2) is 30.0 Å². The smallest absolute Gasteiger partial charge is 0.331 e. The zero-order valence-corrected chi connectivity index (χ0v) is 12.3. The summed E-state index contributed by atoms with van der Waals surface area (Å²) in [5.41, 5.74) is 2.40. The third-order valence-electron chi connectivity index (χ3n) is 3.37. The molecule has 1 aromatic carbocycles. The Balaban J connectivity index is 2.31. The van der Waals surface area contributed by atoms with Crippen LogP contribution in [0, 0.1) is 0 Å². The van der Waals surface area contributed by atoms with Crippen LogP contribution in [0.3, 0.4) is 0 Å². The van der Waals surface area contributed by atoms with Crippen molar-refractivity contribution in [3.05, 3.63) is 35.5 Å². The summed E-state index contributed by atoms with van der Waals surface area (Å²) in [6.07, 6.45) is 1.75. The molecule has 5 nitrogen and oxygen atoms in total. The van der Waals surface area contributed by atoms with Gasteiger partial charge in [0.25, 0.3) is 5.91 Å². The first-order valence-electron chi connectivity index (χ1n) is 6.54. The predicted molar refractivity (Wildman–Crippen MR) is 79.3 cm³/mol. The standard InChI is InChI=1S/C15H19N3O2/c1-5-18-14(19)13(17(4)15(18)20)10-11-6-8-12(9-7-11)16(2)3/h6-10H,5H2,1-4H3/b13-10+. The molecule has 0 unspecified atom stereocenters. The molecule has 1 fully saturated rings. The number of carbonyl (C=O) groups excluding carboxylic acids is 2. The van der Waals surface area contributed by atoms with E-state index in [2.05, 4.69) is 0 Å². The molecule has 0 bridgehead atoms. The van der Waals surface area contributed by atoms with Crippen molar-refractivity contribution in [2.75, 3.05) is 32.6 Å². The number of benzene rings is 1. The fourth-order valence-corrected chi connectivity index (χ4v) is 2.12. The van der Waals surface area contributed by atoms with Crippen LogP contribution in [-0.4, -0.2) is 49.4 Å². The fraction of sp³-hybridized carbons (Fsp3) is 0.333. The molecule has 1 aromatic rings. The van der Waals surface area contributed by atoms with Crippen LogP contribution in [0.1, 0.15) is 12.5 Å². The molecule has 0 aliphatic carbocycles. The Morgan fingerprint density at radius 1 is 1.15 bits per heavy atom. The van der Waals surface area contributed by atoms with Gasteiger partial charge in [0.2, 0.25) is 0 Å². The van der Waals surface area contributed by atoms with Crippen molar-refractivity contribution >= 4 is 23.7 Å². The average molecular weight is 273 g/mol. The lowest BCUT2D eigenvalue weighted by molar-refractivity contribution is -0.122. The Kier molecular flexibility index (Phi) is 3.79. The lowest BCUT2D eigenvalue weighted by atomic mass is 10.1. The van der Waals surface area contributed by atoms with Crippen molar-refractivity contribution in [3.63, 3.8) is 0 Å². The van der Waals surface area contributed by atoms with Gasteiger partial charge in [-0.25, -0.2) is 4.79 Å². The van der Waals surface area contributed by atoms with Gasteiger partial charge in [-0.1, -0.05) is 12.1 Å². The first-order valence-corrected chi connectivity index (χ1v) is 6.54. The number of likely N-dealkylation sites (N-methyl/N-ethyl adjacent to an activating group) is 2. The summed E-state index contributed by atoms with van der Waals surface area (Å²) >= 11 is 0. The molecule has 0 N–H and O–H groups in total. The highest BCUT2D eigenvalue weighted by Crippen LogP contribution is 2.22. The Bertz CT molecular complexity index is 561. The number of amides is 3. The van der Waals surface area contributed by atoms with E-state index >= 15 is 0 Å². The Hall–Kier alpha value is -2.30. The summed E-state index contributed by atoms with van der Waals surface area (Å²) in [6.45, 7) is 2.18. The van der Waals surface area contributed by atoms with Crippen molar-refractivity contribution in [3.8, 4) is 0 Å². The number of imide groups is 1. The molecule has 0 radical (unpaired) electrons. The Labute approximate surface area is 119 Å². The maximum absolute atomic E-state index is 12.1. The molecule has 1 aliphatic rings. The van der Waals surface area contributed by atoms with Gasteiger partial charge in [0.1, 0.15) is 5.70 Å². The molecule has 1 saturated heterocycles. The second-order valence-electron chi connectivity index (χ2n) is 4.91. The molecule has 0 aromatic heterocycles. The number of hydrogen-bond acceptors (Lipinski definition) is 3. The molecule has 20 heavy (non-hydrogen) atoms. The van der Waals surface area contributed by atoms with Crippen molar-refractivity contribution in [1.82, 2.24) is 9.80 Å². The SMILES string of the molecule is CCN1C(=O)/C(=C\c2ccc(N(C)C)cc2)N(C)C1=O. The van der Waals surface area contributed by atoms with Crippen LogP contribution in [0.2, 0.25) is 0 Å². The first kappa shape index (κ1) is 14.1. The van der Waals surface area contributed by atoms with E-state index < -0.39 is 0 Å². The Morgan fingerprint density at radius 2 is 1.75 bits per heavy atom. The minimum Gasteiger partial charge on any atom is -0.378 e. The fourth-order valence-electron chi connectivity index (χ4n) is 2.12. The number of urea groups is 1. The van der Waals surface area contributed by atoms with Crippen molar-refractivity contribution < 1.29 is 9.59 Å². The second-order valence-corrected chi connectivity index (χ2v) is 4.91. The van der Waals surface area contributed by atoms with Crippen LogP contribution >= 0.6 is 0 Å². The van der Waals surface area contributed by atoms with Gasteiger partial charge in [0.15, 0.2) is 0 Å². The monoisotopic (exact) mass is 273 g/mol. The number of anilines is 1. The molecule has 2 rings (SSSR count). The highest BCUT2D eigenvalue weighted by molar-refractivity contribution is 6.13. The molecular weight excluding hydrogens is 254 g/mol. The third kappa shape index (κ3) is 2.39. The number of hydrogen-bond donors (Lipinski definition) is 0. The maximum Gasteiger partial charge on any atom is 0.331 e. The van der Waals surface area contributed by atoms with Gasteiger partial charge in [-0.15, -0.1) is 0 Å². The number of carbonyl (C=O) groups is 2. The normalized spacial score (nSPS) is 17.3. The molecule has 5 heteroatoms. The molecule has 0 saturated carbocycles. The summed E-state index contributed by atoms with van der Waals surface area (Å²) in [6, 6.07) is 7.55. The van der Waals surface area contributed by atoms with Crippen LogP contribution in [0.25, 0.3) is 6.08 Å². The molecule has 0 spiro atoms. The Morgan fingerprint density at radius 3 is 2.20 bits per heavy atom. The van der Waals surface area contributed by atoms with Gasteiger partial charge in [-0.2, -0.15) is 0 Å². The predicted octanol–water partition coefficient (Wildman–Crippen LogP) is 2.01. The van der Waals surface area contributed by atoms with Gasteiger partial charge in [0.05, 0.1) is 0 Å². The third-order valence-corrected chi connectivity index (χ3v) is 3.37. The summed E-state index contributed by atoms with van der Waals surface area (Å²) in [7, 11) is 5.56. The zero-order chi connectivity index (χ0) is 14.9. The first-order chi connectivity index (χ1) is 9.45. The van der Waals surface area contributed by atoms with Gasteiger partial charge in [0, 0.05) is 33.4 Å². The number of nitrogens with zero attached hydrogens (tertiary/aromatic N) is 3. The maximum atomic E-state index is 12.1. The lowest BCUT2D eigenvalue weighted by Gasteiger charge is -2.12. The largest absolute Gasteiger partial charge is 0.378 e. The van der Waals surface area contributed by atoms with E-state index in [1.54, 1.807) is 20.0 Å². The topological polar surface area (TPSA) is 43.9 Å². The average Bonchev–Trinajstić information content (AvgIpc) is 2.63. The van der Waals surface area contributed by atoms with Gasteiger partial charge in [-0.05, 0) is 30.7 Å². The molecular formula is C15H19N3O2. The molecule has 3 amide bonds. The molecule has 0 atom stereocenters. The minimum absolute atomic E-state index is 0.239. The van der Waals surface area contributed by atoms with Crippen LogP contribution in [0.5, 0.6) is 0 Å². The summed E-state index contributed by atoms with van der Waals surface area (Å²) in [5.74, 6) is -0.239. The molecule has 1 aliphatic heterocycles. The zero-order valence-electron chi connectivity index (χ0n) is 12.3. The highest BCUT2D eigenvalue weighted by Gasteiger charge is 2.37. The van der Waals surface area contributed by atoms with E-state index in [9.17, 15) is 9.59 Å². The molecule has 1 heterocycles. The van der Waals surface area contributed by atoms with E-state index in [1.165, 1.54) is 9.80 Å². The van der Waals surface area contributed by atoms with Gasteiger partial charge in [-0.3, -0.25) is 14.6 Å². The van der Waals surface area contributed by atoms with Crippen LogP contribution in [-0.2, 0) is 4.79 Å². The summed E-state index contributed by atoms with van der Waals surface area (Å²) < 4.78 is 0.